The molecule has 2 aromatic rings. The molecule has 7 heteroatoms. The van der Waals surface area contributed by atoms with Gasteiger partial charge in [0.2, 0.25) is 10.0 Å². The van der Waals surface area contributed by atoms with Gasteiger partial charge in [-0.2, -0.15) is 0 Å². The minimum absolute atomic E-state index is 0.201. The van der Waals surface area contributed by atoms with Crippen LogP contribution in [0, 0.1) is 0 Å². The average molecular weight is 389 g/mol. The lowest BCUT2D eigenvalue weighted by atomic mass is 9.95. The average Bonchev–Trinajstić information content (AvgIpc) is 3.39. The van der Waals surface area contributed by atoms with Crippen molar-refractivity contribution in [2.45, 2.75) is 18.3 Å². The largest absolute Gasteiger partial charge is 0.315 e. The van der Waals surface area contributed by atoms with Crippen molar-refractivity contribution in [1.82, 2.24) is 15.2 Å². The van der Waals surface area contributed by atoms with Gasteiger partial charge < -0.3 is 10.2 Å². The first-order chi connectivity index (χ1) is 12.8. The quantitative estimate of drug-likeness (QED) is 0.645. The molecule has 0 saturated heterocycles. The summed E-state index contributed by atoms with van der Waals surface area (Å²) in [6.07, 6.45) is 5.36. The summed E-state index contributed by atoms with van der Waals surface area (Å²) in [5.41, 5.74) is 3.82. The SMILES string of the molecule is CN(C)CCNCC1(c2ccnc(-c3cccc(NS(C)(=O)=O)c3)c2)CC1. The predicted octanol–water partition coefficient (Wildman–Crippen LogP) is 2.30. The van der Waals surface area contributed by atoms with Gasteiger partial charge >= 0.3 is 0 Å². The lowest BCUT2D eigenvalue weighted by Gasteiger charge is -2.18. The van der Waals surface area contributed by atoms with Crippen LogP contribution >= 0.6 is 0 Å². The highest BCUT2D eigenvalue weighted by molar-refractivity contribution is 7.92. The number of hydrogen-bond donors (Lipinski definition) is 2. The lowest BCUT2D eigenvalue weighted by Crippen LogP contribution is -2.32. The smallest absolute Gasteiger partial charge is 0.229 e. The summed E-state index contributed by atoms with van der Waals surface area (Å²) < 4.78 is 25.5. The maximum absolute atomic E-state index is 11.5. The third-order valence-electron chi connectivity index (χ3n) is 4.89. The summed E-state index contributed by atoms with van der Waals surface area (Å²) in [4.78, 5) is 6.68. The first-order valence-electron chi connectivity index (χ1n) is 9.18. The normalized spacial score (nSPS) is 15.7. The van der Waals surface area contributed by atoms with E-state index in [1.807, 2.05) is 24.4 Å². The molecule has 0 amide bonds. The Bertz CT molecular complexity index is 892. The molecule has 1 fully saturated rings. The van der Waals surface area contributed by atoms with E-state index in [-0.39, 0.29) is 5.41 Å². The Balaban J connectivity index is 1.75. The fourth-order valence-corrected chi connectivity index (χ4v) is 3.78. The molecule has 1 aliphatic rings. The van der Waals surface area contributed by atoms with Crippen molar-refractivity contribution in [2.24, 2.45) is 0 Å². The van der Waals surface area contributed by atoms with E-state index in [1.165, 1.54) is 18.4 Å². The number of anilines is 1. The van der Waals surface area contributed by atoms with Crippen molar-refractivity contribution in [1.29, 1.82) is 0 Å². The standard InChI is InChI=1S/C20H28N4O2S/c1-24(2)12-11-21-15-20(8-9-20)17-7-10-22-19(14-17)16-5-4-6-18(13-16)23-27(3,25)26/h4-7,10,13-14,21,23H,8-9,11-12,15H2,1-3H3. The van der Waals surface area contributed by atoms with E-state index in [4.69, 9.17) is 0 Å². The topological polar surface area (TPSA) is 74.3 Å². The fraction of sp³-hybridized carbons (Fsp3) is 0.450. The molecule has 1 aliphatic carbocycles. The van der Waals surface area contributed by atoms with Crippen LogP contribution in [-0.2, 0) is 15.4 Å². The van der Waals surface area contributed by atoms with Crippen LogP contribution in [0.4, 0.5) is 5.69 Å². The molecule has 1 aromatic carbocycles. The molecule has 3 rings (SSSR count). The van der Waals surface area contributed by atoms with Gasteiger partial charge in [-0.1, -0.05) is 12.1 Å². The minimum Gasteiger partial charge on any atom is -0.315 e. The Morgan fingerprint density at radius 3 is 2.63 bits per heavy atom. The van der Waals surface area contributed by atoms with Crippen molar-refractivity contribution in [3.63, 3.8) is 0 Å². The Morgan fingerprint density at radius 1 is 1.19 bits per heavy atom. The number of nitrogens with zero attached hydrogens (tertiary/aromatic N) is 2. The van der Waals surface area contributed by atoms with Crippen molar-refractivity contribution in [3.8, 4) is 11.3 Å². The van der Waals surface area contributed by atoms with Crippen LogP contribution in [0.15, 0.2) is 42.6 Å². The molecular weight excluding hydrogens is 360 g/mol. The number of benzene rings is 1. The predicted molar refractivity (Wildman–Crippen MR) is 110 cm³/mol. The number of hydrogen-bond acceptors (Lipinski definition) is 5. The molecule has 0 unspecified atom stereocenters. The molecule has 0 atom stereocenters. The molecule has 146 valence electrons. The maximum Gasteiger partial charge on any atom is 0.229 e. The summed E-state index contributed by atoms with van der Waals surface area (Å²) >= 11 is 0. The Labute approximate surface area is 162 Å². The second kappa shape index (κ2) is 7.96. The summed E-state index contributed by atoms with van der Waals surface area (Å²) in [6.45, 7) is 2.98. The van der Waals surface area contributed by atoms with E-state index in [9.17, 15) is 8.42 Å². The van der Waals surface area contributed by atoms with Gasteiger partial charge in [0.05, 0.1) is 11.9 Å². The van der Waals surface area contributed by atoms with E-state index >= 15 is 0 Å². The molecule has 1 saturated carbocycles. The summed E-state index contributed by atoms with van der Waals surface area (Å²) in [5, 5.41) is 3.57. The van der Waals surface area contributed by atoms with E-state index in [0.717, 1.165) is 37.1 Å². The zero-order chi connectivity index (χ0) is 19.5. The second-order valence-corrected chi connectivity index (χ2v) is 9.39. The highest BCUT2D eigenvalue weighted by atomic mass is 32.2. The molecule has 2 N–H and O–H groups in total. The number of aromatic nitrogens is 1. The second-order valence-electron chi connectivity index (χ2n) is 7.65. The van der Waals surface area contributed by atoms with Crippen molar-refractivity contribution < 1.29 is 8.42 Å². The lowest BCUT2D eigenvalue weighted by molar-refractivity contribution is 0.395. The van der Waals surface area contributed by atoms with E-state index in [1.54, 1.807) is 6.07 Å². The molecule has 1 aromatic heterocycles. The molecule has 0 aliphatic heterocycles. The van der Waals surface area contributed by atoms with Gasteiger partial charge in [0.25, 0.3) is 0 Å². The molecule has 1 heterocycles. The van der Waals surface area contributed by atoms with Crippen LogP contribution in [0.5, 0.6) is 0 Å². The van der Waals surface area contributed by atoms with Gasteiger partial charge in [-0.05, 0) is 56.8 Å². The minimum atomic E-state index is -3.30. The Hall–Kier alpha value is -1.96. The van der Waals surface area contributed by atoms with Gasteiger partial charge in [0, 0.05) is 42.5 Å². The van der Waals surface area contributed by atoms with E-state index < -0.39 is 10.0 Å². The van der Waals surface area contributed by atoms with Crippen LogP contribution in [0.2, 0.25) is 0 Å². The monoisotopic (exact) mass is 388 g/mol. The van der Waals surface area contributed by atoms with Gasteiger partial charge in [-0.15, -0.1) is 0 Å². The summed E-state index contributed by atoms with van der Waals surface area (Å²) in [7, 11) is 0.861. The number of sulfonamides is 1. The summed E-state index contributed by atoms with van der Waals surface area (Å²) in [6, 6.07) is 11.6. The Kier molecular flexibility index (Phi) is 5.83. The molecule has 6 nitrogen and oxygen atoms in total. The first kappa shape index (κ1) is 19.8. The van der Waals surface area contributed by atoms with Gasteiger partial charge in [0.1, 0.15) is 0 Å². The Morgan fingerprint density at radius 2 is 1.96 bits per heavy atom. The van der Waals surface area contributed by atoms with Gasteiger partial charge in [-0.3, -0.25) is 9.71 Å². The van der Waals surface area contributed by atoms with Crippen molar-refractivity contribution in [3.05, 3.63) is 48.2 Å². The molecule has 0 spiro atoms. The van der Waals surface area contributed by atoms with Crippen molar-refractivity contribution >= 4 is 15.7 Å². The number of nitrogens with one attached hydrogen (secondary N) is 2. The van der Waals surface area contributed by atoms with Gasteiger partial charge in [-0.25, -0.2) is 8.42 Å². The van der Waals surface area contributed by atoms with E-state index in [2.05, 4.69) is 46.2 Å². The summed E-state index contributed by atoms with van der Waals surface area (Å²) in [5.74, 6) is 0. The van der Waals surface area contributed by atoms with Crippen LogP contribution < -0.4 is 10.0 Å². The first-order valence-corrected chi connectivity index (χ1v) is 11.1. The maximum atomic E-state index is 11.5. The van der Waals surface area contributed by atoms with Crippen molar-refractivity contribution in [2.75, 3.05) is 44.7 Å². The zero-order valence-corrected chi connectivity index (χ0v) is 17.0. The number of pyridine rings is 1. The third kappa shape index (κ3) is 5.51. The molecule has 0 bridgehead atoms. The molecule has 27 heavy (non-hydrogen) atoms. The van der Waals surface area contributed by atoms with Crippen LogP contribution in [0.1, 0.15) is 18.4 Å². The zero-order valence-electron chi connectivity index (χ0n) is 16.2. The van der Waals surface area contributed by atoms with Crippen LogP contribution in [0.25, 0.3) is 11.3 Å². The van der Waals surface area contributed by atoms with E-state index in [0.29, 0.717) is 5.69 Å². The highest BCUT2D eigenvalue weighted by Crippen LogP contribution is 2.48. The number of likely N-dealkylation sites (N-methyl/N-ethyl adjacent to an activating group) is 1. The molecule has 0 radical (unpaired) electrons. The fourth-order valence-electron chi connectivity index (χ4n) is 3.22. The van der Waals surface area contributed by atoms with Gasteiger partial charge in [0.15, 0.2) is 0 Å². The van der Waals surface area contributed by atoms with Crippen LogP contribution in [-0.4, -0.2) is 58.3 Å². The molecular formula is C20H28N4O2S. The van der Waals surface area contributed by atoms with Crippen LogP contribution in [0.3, 0.4) is 0 Å². The number of rotatable bonds is 9. The highest BCUT2D eigenvalue weighted by Gasteiger charge is 2.43. The third-order valence-corrected chi connectivity index (χ3v) is 5.49.